The van der Waals surface area contributed by atoms with E-state index in [4.69, 9.17) is 9.47 Å². The fourth-order valence-electron chi connectivity index (χ4n) is 4.20. The highest BCUT2D eigenvalue weighted by Gasteiger charge is 2.52. The van der Waals surface area contributed by atoms with E-state index in [9.17, 15) is 15.0 Å². The zero-order chi connectivity index (χ0) is 19.8. The van der Waals surface area contributed by atoms with Gasteiger partial charge in [-0.2, -0.15) is 0 Å². The summed E-state index contributed by atoms with van der Waals surface area (Å²) in [5.41, 5.74) is -0.111. The van der Waals surface area contributed by atoms with Crippen molar-refractivity contribution in [3.8, 4) is 0 Å². The van der Waals surface area contributed by atoms with E-state index in [1.165, 1.54) is 0 Å². The number of piperidine rings is 1. The Bertz CT molecular complexity index is 808. The largest absolute Gasteiger partial charge is 0.387 e. The number of hydrogen-bond acceptors (Lipinski definition) is 6. The molecule has 0 saturated carbocycles. The number of carbonyl (C=O) groups is 1. The van der Waals surface area contributed by atoms with Crippen molar-refractivity contribution in [3.05, 3.63) is 30.1 Å². The van der Waals surface area contributed by atoms with Crippen molar-refractivity contribution in [1.82, 2.24) is 14.9 Å². The molecular weight excluding hydrogens is 362 g/mol. The summed E-state index contributed by atoms with van der Waals surface area (Å²) in [6, 6.07) is 7.72. The van der Waals surface area contributed by atoms with Gasteiger partial charge in [0.1, 0.15) is 30.7 Å². The van der Waals surface area contributed by atoms with Crippen LogP contribution in [0.4, 0.5) is 0 Å². The topological polar surface area (TPSA) is 108 Å². The molecule has 28 heavy (non-hydrogen) atoms. The number of aromatic nitrogens is 2. The lowest BCUT2D eigenvalue weighted by Gasteiger charge is -2.51. The number of para-hydroxylation sites is 2. The summed E-state index contributed by atoms with van der Waals surface area (Å²) in [7, 11) is 0. The second-order valence-electron chi connectivity index (χ2n) is 8.00. The number of nitrogens with one attached hydrogen (secondary N) is 1. The molecule has 0 radical (unpaired) electrons. The fraction of sp³-hybridized carbons (Fsp3) is 0.600. The Labute approximate surface area is 163 Å². The first kappa shape index (κ1) is 19.3. The molecular formula is C20H27N3O5. The highest BCUT2D eigenvalue weighted by Crippen LogP contribution is 2.39. The lowest BCUT2D eigenvalue weighted by Crippen LogP contribution is -2.64. The van der Waals surface area contributed by atoms with E-state index in [1.54, 1.807) is 11.8 Å². The molecule has 2 saturated heterocycles. The third-order valence-corrected chi connectivity index (χ3v) is 5.95. The third-order valence-electron chi connectivity index (χ3n) is 5.95. The number of rotatable bonds is 4. The van der Waals surface area contributed by atoms with Crippen molar-refractivity contribution in [3.63, 3.8) is 0 Å². The summed E-state index contributed by atoms with van der Waals surface area (Å²) in [5.74, 6) is 0.593. The predicted octanol–water partition coefficient (Wildman–Crippen LogP) is 0.973. The summed E-state index contributed by atoms with van der Waals surface area (Å²) in [4.78, 5) is 21.8. The molecule has 0 aliphatic carbocycles. The molecule has 3 N–H and O–H groups in total. The Morgan fingerprint density at radius 3 is 2.86 bits per heavy atom. The Morgan fingerprint density at radius 2 is 2.11 bits per heavy atom. The maximum absolute atomic E-state index is 12.5. The number of ether oxygens (including phenoxy) is 2. The van der Waals surface area contributed by atoms with E-state index in [0.29, 0.717) is 44.8 Å². The van der Waals surface area contributed by atoms with E-state index in [2.05, 4.69) is 9.97 Å². The third kappa shape index (κ3) is 3.65. The Hall–Kier alpha value is -2.00. The number of imidazole rings is 1. The van der Waals surface area contributed by atoms with Gasteiger partial charge in [0, 0.05) is 19.5 Å². The zero-order valence-corrected chi connectivity index (χ0v) is 16.1. The molecule has 1 aromatic heterocycles. The van der Waals surface area contributed by atoms with Gasteiger partial charge in [-0.25, -0.2) is 4.98 Å². The first-order valence-corrected chi connectivity index (χ1v) is 9.73. The molecule has 1 amide bonds. The summed E-state index contributed by atoms with van der Waals surface area (Å²) < 4.78 is 11.4. The van der Waals surface area contributed by atoms with Gasteiger partial charge < -0.3 is 29.6 Å². The minimum atomic E-state index is -1.15. The van der Waals surface area contributed by atoms with Crippen LogP contribution in [0.25, 0.3) is 11.0 Å². The average molecular weight is 389 g/mol. The minimum absolute atomic E-state index is 0.0226. The predicted molar refractivity (Wildman–Crippen MR) is 101 cm³/mol. The van der Waals surface area contributed by atoms with Crippen LogP contribution in [0.3, 0.4) is 0 Å². The molecule has 2 atom stereocenters. The van der Waals surface area contributed by atoms with E-state index < -0.39 is 17.3 Å². The summed E-state index contributed by atoms with van der Waals surface area (Å²) in [6.07, 6.45) is 0.461. The number of H-pyrrole nitrogens is 1. The molecule has 4 rings (SSSR count). The minimum Gasteiger partial charge on any atom is -0.387 e. The lowest BCUT2D eigenvalue weighted by atomic mass is 9.75. The number of aliphatic hydroxyl groups excluding tert-OH is 1. The van der Waals surface area contributed by atoms with Gasteiger partial charge in [-0.05, 0) is 31.9 Å². The standard InChI is InChI=1S/C20H27N3O5/c1-19(26)8-11-28-20(18(19)25)6-9-23(10-7-20)17(24)13-27-12-16-21-14-4-2-3-5-15(14)22-16/h2-5,18,25-26H,6-13H2,1H3,(H,21,22)/t18-,19+/m0/s1. The molecule has 2 fully saturated rings. The number of aliphatic hydroxyl groups is 2. The van der Waals surface area contributed by atoms with Crippen molar-refractivity contribution < 1.29 is 24.5 Å². The first-order valence-electron chi connectivity index (χ1n) is 9.73. The van der Waals surface area contributed by atoms with Gasteiger partial charge in [0.05, 0.1) is 23.2 Å². The summed E-state index contributed by atoms with van der Waals surface area (Å²) in [5, 5.41) is 20.9. The molecule has 2 aliphatic heterocycles. The van der Waals surface area contributed by atoms with Crippen LogP contribution in [0.2, 0.25) is 0 Å². The van der Waals surface area contributed by atoms with Crippen LogP contribution in [-0.2, 0) is 20.9 Å². The zero-order valence-electron chi connectivity index (χ0n) is 16.1. The molecule has 1 spiro atoms. The van der Waals surface area contributed by atoms with E-state index >= 15 is 0 Å². The highest BCUT2D eigenvalue weighted by atomic mass is 16.5. The van der Waals surface area contributed by atoms with Crippen LogP contribution in [0.1, 0.15) is 32.0 Å². The Balaban J connectivity index is 1.27. The molecule has 8 nitrogen and oxygen atoms in total. The highest BCUT2D eigenvalue weighted by molar-refractivity contribution is 5.77. The van der Waals surface area contributed by atoms with Crippen LogP contribution in [0.5, 0.6) is 0 Å². The van der Waals surface area contributed by atoms with Gasteiger partial charge in [-0.3, -0.25) is 4.79 Å². The number of likely N-dealkylation sites (tertiary alicyclic amines) is 1. The second-order valence-corrected chi connectivity index (χ2v) is 8.00. The van der Waals surface area contributed by atoms with E-state index in [-0.39, 0.29) is 19.1 Å². The normalized spacial score (nSPS) is 27.4. The Kier molecular flexibility index (Phi) is 5.13. The van der Waals surface area contributed by atoms with Crippen LogP contribution in [-0.4, -0.2) is 74.6 Å². The molecule has 1 aromatic carbocycles. The molecule has 0 unspecified atom stereocenters. The fourth-order valence-corrected chi connectivity index (χ4v) is 4.20. The van der Waals surface area contributed by atoms with Crippen LogP contribution < -0.4 is 0 Å². The van der Waals surface area contributed by atoms with Crippen LogP contribution in [0.15, 0.2) is 24.3 Å². The van der Waals surface area contributed by atoms with Crippen molar-refractivity contribution in [2.75, 3.05) is 26.3 Å². The number of aromatic amines is 1. The van der Waals surface area contributed by atoms with Gasteiger partial charge in [0.25, 0.3) is 0 Å². The maximum atomic E-state index is 12.5. The molecule has 8 heteroatoms. The smallest absolute Gasteiger partial charge is 0.248 e. The molecule has 2 aliphatic rings. The molecule has 0 bridgehead atoms. The monoisotopic (exact) mass is 389 g/mol. The number of carbonyl (C=O) groups excluding carboxylic acids is 1. The average Bonchev–Trinajstić information content (AvgIpc) is 3.09. The maximum Gasteiger partial charge on any atom is 0.248 e. The van der Waals surface area contributed by atoms with Crippen LogP contribution in [0, 0.1) is 0 Å². The van der Waals surface area contributed by atoms with Crippen molar-refractivity contribution in [1.29, 1.82) is 0 Å². The van der Waals surface area contributed by atoms with Gasteiger partial charge in [0.2, 0.25) is 5.91 Å². The number of amides is 1. The first-order chi connectivity index (χ1) is 13.4. The number of nitrogens with zero attached hydrogens (tertiary/aromatic N) is 2. The molecule has 3 heterocycles. The quantitative estimate of drug-likeness (QED) is 0.719. The van der Waals surface area contributed by atoms with E-state index in [0.717, 1.165) is 11.0 Å². The van der Waals surface area contributed by atoms with Crippen LogP contribution >= 0.6 is 0 Å². The molecule has 152 valence electrons. The summed E-state index contributed by atoms with van der Waals surface area (Å²) in [6.45, 7) is 3.22. The number of fused-ring (bicyclic) bond motifs is 1. The van der Waals surface area contributed by atoms with Gasteiger partial charge >= 0.3 is 0 Å². The number of hydrogen-bond donors (Lipinski definition) is 3. The van der Waals surface area contributed by atoms with Crippen molar-refractivity contribution >= 4 is 16.9 Å². The number of benzene rings is 1. The lowest BCUT2D eigenvalue weighted by molar-refractivity contribution is -0.245. The van der Waals surface area contributed by atoms with Gasteiger partial charge in [0.15, 0.2) is 0 Å². The van der Waals surface area contributed by atoms with E-state index in [1.807, 2.05) is 24.3 Å². The van der Waals surface area contributed by atoms with Gasteiger partial charge in [-0.15, -0.1) is 0 Å². The summed E-state index contributed by atoms with van der Waals surface area (Å²) >= 11 is 0. The molecule has 2 aromatic rings. The Morgan fingerprint density at radius 1 is 1.36 bits per heavy atom. The van der Waals surface area contributed by atoms with Crippen molar-refractivity contribution in [2.45, 2.75) is 50.1 Å². The SMILES string of the molecule is C[C@@]1(O)CCOC2(CCN(C(=O)COCc3nc4ccccc4[nH]3)CC2)[C@H]1O. The van der Waals surface area contributed by atoms with Crippen molar-refractivity contribution in [2.24, 2.45) is 0 Å². The van der Waals surface area contributed by atoms with Gasteiger partial charge in [-0.1, -0.05) is 12.1 Å². The second kappa shape index (κ2) is 7.44.